The fourth-order valence-electron chi connectivity index (χ4n) is 1.63. The molecule has 0 fully saturated rings. The van der Waals surface area contributed by atoms with E-state index < -0.39 is 0 Å². The Morgan fingerprint density at radius 2 is 2.20 bits per heavy atom. The number of allylic oxidation sites excluding steroid dienone is 1. The van der Waals surface area contributed by atoms with E-state index in [2.05, 4.69) is 35.3 Å². The van der Waals surface area contributed by atoms with Crippen LogP contribution in [0.1, 0.15) is 31.9 Å². The van der Waals surface area contributed by atoms with Crippen molar-refractivity contribution in [3.8, 4) is 0 Å². The van der Waals surface area contributed by atoms with Crippen LogP contribution in [0.5, 0.6) is 0 Å². The van der Waals surface area contributed by atoms with E-state index in [1.54, 1.807) is 0 Å². The number of nitrogens with zero attached hydrogens (tertiary/aromatic N) is 1. The van der Waals surface area contributed by atoms with Crippen LogP contribution in [0.25, 0.3) is 17.0 Å². The van der Waals surface area contributed by atoms with Gasteiger partial charge in [-0.3, -0.25) is 5.10 Å². The molecule has 2 aromatic rings. The molecule has 0 saturated heterocycles. The number of aromatic amines is 1. The summed E-state index contributed by atoms with van der Waals surface area (Å²) >= 11 is 0. The number of rotatable bonds is 4. The molecule has 2 heteroatoms. The lowest BCUT2D eigenvalue weighted by Gasteiger charge is -1.90. The molecule has 0 amide bonds. The summed E-state index contributed by atoms with van der Waals surface area (Å²) in [5, 5.41) is 8.49. The summed E-state index contributed by atoms with van der Waals surface area (Å²) < 4.78 is 0. The van der Waals surface area contributed by atoms with Crippen LogP contribution in [0.3, 0.4) is 0 Å². The third-order valence-electron chi connectivity index (χ3n) is 2.50. The molecule has 1 aromatic carbocycles. The highest BCUT2D eigenvalue weighted by molar-refractivity contribution is 5.86. The lowest BCUT2D eigenvalue weighted by molar-refractivity contribution is 0.816. The number of nitrogens with one attached hydrogen (secondary N) is 1. The quantitative estimate of drug-likeness (QED) is 0.748. The first kappa shape index (κ1) is 9.97. The molecule has 0 saturated carbocycles. The van der Waals surface area contributed by atoms with Gasteiger partial charge in [-0.15, -0.1) is 0 Å². The monoisotopic (exact) mass is 200 g/mol. The van der Waals surface area contributed by atoms with Gasteiger partial charge in [-0.05, 0) is 18.6 Å². The van der Waals surface area contributed by atoms with Gasteiger partial charge >= 0.3 is 0 Å². The number of H-pyrrole nitrogens is 1. The van der Waals surface area contributed by atoms with Crippen molar-refractivity contribution in [1.29, 1.82) is 0 Å². The zero-order valence-corrected chi connectivity index (χ0v) is 9.03. The van der Waals surface area contributed by atoms with Gasteiger partial charge in [0, 0.05) is 5.39 Å². The second-order valence-electron chi connectivity index (χ2n) is 3.70. The van der Waals surface area contributed by atoms with Crippen molar-refractivity contribution in [1.82, 2.24) is 10.2 Å². The van der Waals surface area contributed by atoms with Gasteiger partial charge in [-0.1, -0.05) is 44.0 Å². The number of fused-ring (bicyclic) bond motifs is 1. The Labute approximate surface area is 90.0 Å². The highest BCUT2D eigenvalue weighted by atomic mass is 15.1. The molecule has 1 aromatic heterocycles. The predicted octanol–water partition coefficient (Wildman–Crippen LogP) is 3.77. The van der Waals surface area contributed by atoms with Gasteiger partial charge in [0.15, 0.2) is 0 Å². The van der Waals surface area contributed by atoms with Crippen LogP contribution in [0.15, 0.2) is 30.3 Å². The molecule has 0 aliphatic rings. The first-order valence-electron chi connectivity index (χ1n) is 5.51. The van der Waals surface area contributed by atoms with E-state index in [1.165, 1.54) is 18.2 Å². The number of benzene rings is 1. The Balaban J connectivity index is 2.17. The number of unbranched alkanes of at least 4 members (excludes halogenated alkanes) is 2. The van der Waals surface area contributed by atoms with Gasteiger partial charge in [-0.2, -0.15) is 5.10 Å². The maximum Gasteiger partial charge on any atom is 0.0927 e. The Morgan fingerprint density at radius 3 is 3.07 bits per heavy atom. The van der Waals surface area contributed by atoms with Crippen molar-refractivity contribution in [3.63, 3.8) is 0 Å². The van der Waals surface area contributed by atoms with E-state index in [0.29, 0.717) is 0 Å². The fraction of sp³-hybridized carbons (Fsp3) is 0.308. The SMILES string of the molecule is CCCCC=Cc1[nH]nc2ccccc12. The van der Waals surface area contributed by atoms with Crippen LogP contribution in [-0.4, -0.2) is 10.2 Å². The molecule has 0 atom stereocenters. The van der Waals surface area contributed by atoms with Crippen LogP contribution in [0.4, 0.5) is 0 Å². The molecule has 78 valence electrons. The summed E-state index contributed by atoms with van der Waals surface area (Å²) in [6.07, 6.45) is 7.98. The number of para-hydroxylation sites is 1. The molecule has 1 heterocycles. The van der Waals surface area contributed by atoms with Gasteiger partial charge in [0.05, 0.1) is 11.2 Å². The van der Waals surface area contributed by atoms with Gasteiger partial charge < -0.3 is 0 Å². The Bertz CT molecular complexity index is 454. The maximum atomic E-state index is 4.24. The van der Waals surface area contributed by atoms with E-state index in [9.17, 15) is 0 Å². The molecule has 15 heavy (non-hydrogen) atoms. The van der Waals surface area contributed by atoms with Crippen LogP contribution >= 0.6 is 0 Å². The van der Waals surface area contributed by atoms with Crippen LogP contribution in [-0.2, 0) is 0 Å². The minimum atomic E-state index is 1.03. The molecule has 0 unspecified atom stereocenters. The van der Waals surface area contributed by atoms with E-state index >= 15 is 0 Å². The number of aromatic nitrogens is 2. The van der Waals surface area contributed by atoms with Crippen molar-refractivity contribution in [2.24, 2.45) is 0 Å². The molecule has 0 spiro atoms. The van der Waals surface area contributed by atoms with Crippen LogP contribution in [0.2, 0.25) is 0 Å². The molecule has 0 aliphatic carbocycles. The van der Waals surface area contributed by atoms with Crippen molar-refractivity contribution >= 4 is 17.0 Å². The van der Waals surface area contributed by atoms with Gasteiger partial charge in [0.25, 0.3) is 0 Å². The Kier molecular flexibility index (Phi) is 3.18. The van der Waals surface area contributed by atoms with Crippen molar-refractivity contribution < 1.29 is 0 Å². The molecule has 0 radical (unpaired) electrons. The van der Waals surface area contributed by atoms with E-state index in [0.717, 1.165) is 17.6 Å². The average molecular weight is 200 g/mol. The zero-order valence-electron chi connectivity index (χ0n) is 9.03. The number of hydrogen-bond donors (Lipinski definition) is 1. The fourth-order valence-corrected chi connectivity index (χ4v) is 1.63. The molecule has 0 bridgehead atoms. The second kappa shape index (κ2) is 4.78. The highest BCUT2D eigenvalue weighted by Crippen LogP contribution is 2.16. The van der Waals surface area contributed by atoms with Gasteiger partial charge in [-0.25, -0.2) is 0 Å². The smallest absolute Gasteiger partial charge is 0.0927 e. The van der Waals surface area contributed by atoms with Gasteiger partial charge in [0.1, 0.15) is 0 Å². The number of hydrogen-bond acceptors (Lipinski definition) is 1. The zero-order chi connectivity index (χ0) is 10.5. The van der Waals surface area contributed by atoms with E-state index in [-0.39, 0.29) is 0 Å². The summed E-state index contributed by atoms with van der Waals surface area (Å²) in [7, 11) is 0. The highest BCUT2D eigenvalue weighted by Gasteiger charge is 1.99. The molecule has 0 aliphatic heterocycles. The lowest BCUT2D eigenvalue weighted by Crippen LogP contribution is -1.73. The minimum absolute atomic E-state index is 1.03. The molecule has 1 N–H and O–H groups in total. The standard InChI is InChI=1S/C13H16N2/c1-2-3-4-5-9-12-11-8-6-7-10-13(11)15-14-12/h5-10H,2-4H2,1H3,(H,14,15). The van der Waals surface area contributed by atoms with E-state index in [1.807, 2.05) is 18.2 Å². The first-order chi connectivity index (χ1) is 7.42. The third kappa shape index (κ3) is 2.27. The summed E-state index contributed by atoms with van der Waals surface area (Å²) in [6, 6.07) is 8.17. The Morgan fingerprint density at radius 1 is 1.33 bits per heavy atom. The summed E-state index contributed by atoms with van der Waals surface area (Å²) in [4.78, 5) is 0. The maximum absolute atomic E-state index is 4.24. The lowest BCUT2D eigenvalue weighted by atomic mass is 10.2. The minimum Gasteiger partial charge on any atom is -0.277 e. The normalized spacial score (nSPS) is 11.5. The summed E-state index contributed by atoms with van der Waals surface area (Å²) in [6.45, 7) is 2.21. The molecule has 2 nitrogen and oxygen atoms in total. The summed E-state index contributed by atoms with van der Waals surface area (Å²) in [5.74, 6) is 0. The molecular weight excluding hydrogens is 184 g/mol. The molecular formula is C13H16N2. The Hall–Kier alpha value is -1.57. The first-order valence-corrected chi connectivity index (χ1v) is 5.51. The predicted molar refractivity (Wildman–Crippen MR) is 64.7 cm³/mol. The largest absolute Gasteiger partial charge is 0.277 e. The third-order valence-corrected chi connectivity index (χ3v) is 2.50. The van der Waals surface area contributed by atoms with Crippen LogP contribution in [0, 0.1) is 0 Å². The van der Waals surface area contributed by atoms with E-state index in [4.69, 9.17) is 0 Å². The molecule has 2 rings (SSSR count). The second-order valence-corrected chi connectivity index (χ2v) is 3.70. The van der Waals surface area contributed by atoms with Crippen molar-refractivity contribution in [2.75, 3.05) is 0 Å². The van der Waals surface area contributed by atoms with Crippen molar-refractivity contribution in [2.45, 2.75) is 26.2 Å². The van der Waals surface area contributed by atoms with Gasteiger partial charge in [0.2, 0.25) is 0 Å². The average Bonchev–Trinajstić information content (AvgIpc) is 2.68. The van der Waals surface area contributed by atoms with Crippen molar-refractivity contribution in [3.05, 3.63) is 36.0 Å². The summed E-state index contributed by atoms with van der Waals surface area (Å²) in [5.41, 5.74) is 2.15. The van der Waals surface area contributed by atoms with Crippen LogP contribution < -0.4 is 0 Å². The topological polar surface area (TPSA) is 28.7 Å².